The van der Waals surface area contributed by atoms with Crippen LogP contribution in [0.15, 0.2) is 47.5 Å². The van der Waals surface area contributed by atoms with Crippen molar-refractivity contribution in [3.8, 4) is 17.2 Å². The quantitative estimate of drug-likeness (QED) is 0.787. The molecule has 1 N–H and O–H groups in total. The van der Waals surface area contributed by atoms with Gasteiger partial charge in [0.15, 0.2) is 16.7 Å². The Bertz CT molecular complexity index is 993. The lowest BCUT2D eigenvalue weighted by Crippen LogP contribution is -2.43. The fourth-order valence-corrected chi connectivity index (χ4v) is 4.05. The maximum absolute atomic E-state index is 12.8. The number of fused-ring (bicyclic) bond motifs is 1. The van der Waals surface area contributed by atoms with Gasteiger partial charge >= 0.3 is 0 Å². The van der Waals surface area contributed by atoms with Gasteiger partial charge in [-0.05, 0) is 43.3 Å². The Morgan fingerprint density at radius 2 is 2.00 bits per heavy atom. The molecule has 0 unspecified atom stereocenters. The molecule has 156 valence electrons. The predicted octanol–water partition coefficient (Wildman–Crippen LogP) is 3.40. The SMILES string of the molecule is CCOc1ccc(NC(=O)[C@@H]2CC(=O)N(C)C(=Nc3ccc4c(c3)OCO4)S2)cc1. The molecule has 0 saturated carbocycles. The molecule has 2 aliphatic rings. The fraction of sp³-hybridized carbons (Fsp3) is 0.286. The molecule has 0 aliphatic carbocycles. The highest BCUT2D eigenvalue weighted by molar-refractivity contribution is 8.15. The largest absolute Gasteiger partial charge is 0.494 e. The zero-order valence-corrected chi connectivity index (χ0v) is 17.4. The molecule has 0 spiro atoms. The molecular formula is C21H21N3O5S. The van der Waals surface area contributed by atoms with Crippen molar-refractivity contribution in [2.45, 2.75) is 18.6 Å². The number of nitrogens with zero attached hydrogens (tertiary/aromatic N) is 2. The van der Waals surface area contributed by atoms with Crippen molar-refractivity contribution in [2.24, 2.45) is 4.99 Å². The number of amidine groups is 1. The van der Waals surface area contributed by atoms with Crippen molar-refractivity contribution < 1.29 is 23.8 Å². The lowest BCUT2D eigenvalue weighted by molar-refractivity contribution is -0.128. The maximum atomic E-state index is 12.8. The third-order valence-electron chi connectivity index (χ3n) is 4.57. The van der Waals surface area contributed by atoms with Crippen LogP contribution in [0.2, 0.25) is 0 Å². The standard InChI is InChI=1S/C21H21N3O5S/c1-3-27-15-7-4-13(5-8-15)22-20(26)18-11-19(25)24(2)21(30-18)23-14-6-9-16-17(10-14)29-12-28-16/h4-10,18H,3,11-12H2,1-2H3,(H,22,26)/t18-/m0/s1. The first-order chi connectivity index (χ1) is 14.5. The van der Waals surface area contributed by atoms with Gasteiger partial charge in [0.05, 0.1) is 12.3 Å². The average molecular weight is 427 g/mol. The molecule has 2 aromatic carbocycles. The summed E-state index contributed by atoms with van der Waals surface area (Å²) in [6, 6.07) is 12.4. The minimum Gasteiger partial charge on any atom is -0.494 e. The van der Waals surface area contributed by atoms with E-state index >= 15 is 0 Å². The van der Waals surface area contributed by atoms with Gasteiger partial charge < -0.3 is 19.5 Å². The number of nitrogens with one attached hydrogen (secondary N) is 1. The van der Waals surface area contributed by atoms with Crippen LogP contribution in [0.1, 0.15) is 13.3 Å². The van der Waals surface area contributed by atoms with Crippen LogP contribution >= 0.6 is 11.8 Å². The topological polar surface area (TPSA) is 89.5 Å². The number of ether oxygens (including phenoxy) is 3. The van der Waals surface area contributed by atoms with E-state index in [1.54, 1.807) is 49.5 Å². The number of hydrogen-bond donors (Lipinski definition) is 1. The van der Waals surface area contributed by atoms with Gasteiger partial charge in [0, 0.05) is 25.2 Å². The summed E-state index contributed by atoms with van der Waals surface area (Å²) >= 11 is 1.26. The van der Waals surface area contributed by atoms with Crippen LogP contribution in [-0.4, -0.2) is 47.6 Å². The Hall–Kier alpha value is -3.20. The third-order valence-corrected chi connectivity index (χ3v) is 5.82. The van der Waals surface area contributed by atoms with Gasteiger partial charge in [-0.25, -0.2) is 4.99 Å². The monoisotopic (exact) mass is 427 g/mol. The number of hydrogen-bond acceptors (Lipinski definition) is 7. The van der Waals surface area contributed by atoms with Gasteiger partial charge in [0.2, 0.25) is 18.6 Å². The molecule has 1 fully saturated rings. The summed E-state index contributed by atoms with van der Waals surface area (Å²) in [7, 11) is 1.65. The molecule has 0 bridgehead atoms. The summed E-state index contributed by atoms with van der Waals surface area (Å²) in [5.74, 6) is 1.59. The van der Waals surface area contributed by atoms with Crippen molar-refractivity contribution >= 4 is 40.1 Å². The van der Waals surface area contributed by atoms with E-state index in [1.165, 1.54) is 16.7 Å². The molecule has 9 heteroatoms. The fourth-order valence-electron chi connectivity index (χ4n) is 2.99. The highest BCUT2D eigenvalue weighted by Gasteiger charge is 2.34. The number of rotatable bonds is 5. The Morgan fingerprint density at radius 3 is 2.77 bits per heavy atom. The summed E-state index contributed by atoms with van der Waals surface area (Å²) in [6.45, 7) is 2.66. The highest BCUT2D eigenvalue weighted by atomic mass is 32.2. The van der Waals surface area contributed by atoms with Crippen LogP contribution in [0.25, 0.3) is 0 Å². The molecule has 0 radical (unpaired) electrons. The van der Waals surface area contributed by atoms with Crippen LogP contribution < -0.4 is 19.5 Å². The van der Waals surface area contributed by atoms with E-state index in [1.807, 2.05) is 6.92 Å². The zero-order chi connectivity index (χ0) is 21.1. The highest BCUT2D eigenvalue weighted by Crippen LogP contribution is 2.36. The van der Waals surface area contributed by atoms with Crippen LogP contribution in [-0.2, 0) is 9.59 Å². The summed E-state index contributed by atoms with van der Waals surface area (Å²) < 4.78 is 16.1. The Morgan fingerprint density at radius 1 is 1.23 bits per heavy atom. The van der Waals surface area contributed by atoms with Gasteiger partial charge in [0.1, 0.15) is 11.0 Å². The molecule has 2 aromatic rings. The van der Waals surface area contributed by atoms with Crippen LogP contribution in [0.4, 0.5) is 11.4 Å². The van der Waals surface area contributed by atoms with Crippen LogP contribution in [0, 0.1) is 0 Å². The number of thioether (sulfide) groups is 1. The second-order valence-electron chi connectivity index (χ2n) is 6.64. The molecule has 0 aromatic heterocycles. The lowest BCUT2D eigenvalue weighted by Gasteiger charge is -2.28. The Balaban J connectivity index is 1.48. The molecule has 2 heterocycles. The normalized spacial score (nSPS) is 19.1. The lowest BCUT2D eigenvalue weighted by atomic mass is 10.2. The van der Waals surface area contributed by atoms with E-state index in [0.29, 0.717) is 34.6 Å². The van der Waals surface area contributed by atoms with E-state index in [9.17, 15) is 9.59 Å². The molecular weight excluding hydrogens is 406 g/mol. The van der Waals surface area contributed by atoms with Gasteiger partial charge in [-0.2, -0.15) is 0 Å². The van der Waals surface area contributed by atoms with Gasteiger partial charge in [-0.1, -0.05) is 11.8 Å². The van der Waals surface area contributed by atoms with Crippen molar-refractivity contribution in [1.82, 2.24) is 4.90 Å². The number of amides is 2. The van der Waals surface area contributed by atoms with Crippen molar-refractivity contribution in [3.05, 3.63) is 42.5 Å². The first-order valence-electron chi connectivity index (χ1n) is 9.49. The van der Waals surface area contributed by atoms with Crippen molar-refractivity contribution in [2.75, 3.05) is 25.8 Å². The average Bonchev–Trinajstić information content (AvgIpc) is 3.20. The zero-order valence-electron chi connectivity index (χ0n) is 16.6. The summed E-state index contributed by atoms with van der Waals surface area (Å²) in [6.07, 6.45) is 0.101. The maximum Gasteiger partial charge on any atom is 0.238 e. The van der Waals surface area contributed by atoms with Crippen LogP contribution in [0.3, 0.4) is 0 Å². The smallest absolute Gasteiger partial charge is 0.238 e. The Kier molecular flexibility index (Phi) is 5.80. The second-order valence-corrected chi connectivity index (χ2v) is 7.81. The minimum absolute atomic E-state index is 0.101. The number of aliphatic imine (C=N–C) groups is 1. The molecule has 2 amide bonds. The molecule has 4 rings (SSSR count). The number of benzene rings is 2. The van der Waals surface area contributed by atoms with Crippen molar-refractivity contribution in [3.63, 3.8) is 0 Å². The van der Waals surface area contributed by atoms with Crippen LogP contribution in [0.5, 0.6) is 17.2 Å². The molecule has 30 heavy (non-hydrogen) atoms. The first kappa shape index (κ1) is 20.1. The second kappa shape index (κ2) is 8.66. The predicted molar refractivity (Wildman–Crippen MR) is 115 cm³/mol. The molecule has 1 saturated heterocycles. The van der Waals surface area contributed by atoms with Gasteiger partial charge in [0.25, 0.3) is 0 Å². The minimum atomic E-state index is -0.576. The van der Waals surface area contributed by atoms with E-state index < -0.39 is 5.25 Å². The third kappa shape index (κ3) is 4.35. The van der Waals surface area contributed by atoms with Crippen molar-refractivity contribution in [1.29, 1.82) is 0 Å². The summed E-state index contributed by atoms with van der Waals surface area (Å²) in [4.78, 5) is 31.2. The number of carbonyl (C=O) groups excluding carboxylic acids is 2. The van der Waals surface area contributed by atoms with E-state index in [0.717, 1.165) is 5.75 Å². The van der Waals surface area contributed by atoms with E-state index in [4.69, 9.17) is 14.2 Å². The Labute approximate surface area is 178 Å². The molecule has 1 atom stereocenters. The molecule has 2 aliphatic heterocycles. The van der Waals surface area contributed by atoms with E-state index in [2.05, 4.69) is 10.3 Å². The summed E-state index contributed by atoms with van der Waals surface area (Å²) in [5.41, 5.74) is 1.26. The first-order valence-corrected chi connectivity index (χ1v) is 10.4. The van der Waals surface area contributed by atoms with Gasteiger partial charge in [-0.3, -0.25) is 14.5 Å². The summed E-state index contributed by atoms with van der Waals surface area (Å²) in [5, 5.41) is 2.74. The number of anilines is 1. The van der Waals surface area contributed by atoms with Gasteiger partial charge in [-0.15, -0.1) is 0 Å². The molecule has 8 nitrogen and oxygen atoms in total. The number of carbonyl (C=O) groups is 2. The van der Waals surface area contributed by atoms with E-state index in [-0.39, 0.29) is 25.0 Å².